The Hall–Kier alpha value is -2.67. The third-order valence-corrected chi connectivity index (χ3v) is 2.80. The number of carbonyl (C=O) groups is 1. The Morgan fingerprint density at radius 2 is 2.43 bits per heavy atom. The van der Waals surface area contributed by atoms with E-state index in [1.807, 2.05) is 0 Å². The fourth-order valence-corrected chi connectivity index (χ4v) is 1.88. The zero-order valence-corrected chi connectivity index (χ0v) is 11.7. The van der Waals surface area contributed by atoms with E-state index >= 15 is 0 Å². The van der Waals surface area contributed by atoms with Crippen LogP contribution in [0.1, 0.15) is 0 Å². The molecule has 7 nitrogen and oxygen atoms in total. The second kappa shape index (κ2) is 6.67. The van der Waals surface area contributed by atoms with Crippen molar-refractivity contribution in [3.8, 4) is 5.69 Å². The highest BCUT2D eigenvalue weighted by molar-refractivity contribution is 6.32. The predicted molar refractivity (Wildman–Crippen MR) is 79.2 cm³/mol. The van der Waals surface area contributed by atoms with E-state index in [1.54, 1.807) is 30.7 Å². The van der Waals surface area contributed by atoms with Gasteiger partial charge in [-0.15, -0.1) is 0 Å². The molecule has 0 atom stereocenters. The molecule has 0 saturated carbocycles. The van der Waals surface area contributed by atoms with Crippen LogP contribution in [0.25, 0.3) is 5.69 Å². The fraction of sp³-hybridized carbons (Fsp3) is 0.0769. The largest absolute Gasteiger partial charge is 0.419 e. The summed E-state index contributed by atoms with van der Waals surface area (Å²) in [6.45, 7) is 3.33. The van der Waals surface area contributed by atoms with Gasteiger partial charge in [0, 0.05) is 12.4 Å². The molecule has 108 valence electrons. The third kappa shape index (κ3) is 3.26. The lowest BCUT2D eigenvalue weighted by Gasteiger charge is -2.17. The molecule has 1 amide bonds. The van der Waals surface area contributed by atoms with Crippen molar-refractivity contribution in [1.82, 2.24) is 14.8 Å². The second-order valence-electron chi connectivity index (χ2n) is 3.83. The first-order valence-corrected chi connectivity index (χ1v) is 6.28. The Balaban J connectivity index is 2.38. The molecule has 0 aliphatic rings. The number of amides is 1. The van der Waals surface area contributed by atoms with Gasteiger partial charge in [0.25, 0.3) is 0 Å². The minimum Gasteiger partial charge on any atom is -0.419 e. The molecule has 0 fully saturated rings. The SMILES string of the molecule is C=COC(=O)N(CC=N)c1cn(-c2cccnc2)nc1Cl. The quantitative estimate of drug-likeness (QED) is 0.680. The average molecular weight is 306 g/mol. The number of nitrogens with zero attached hydrogens (tertiary/aromatic N) is 4. The van der Waals surface area contributed by atoms with Crippen LogP contribution in [-0.2, 0) is 4.74 Å². The monoisotopic (exact) mass is 305 g/mol. The van der Waals surface area contributed by atoms with Gasteiger partial charge < -0.3 is 10.1 Å². The molecule has 0 aliphatic heterocycles. The third-order valence-electron chi connectivity index (χ3n) is 2.53. The molecule has 2 rings (SSSR count). The topological polar surface area (TPSA) is 84.1 Å². The van der Waals surface area contributed by atoms with Crippen molar-refractivity contribution >= 4 is 29.6 Å². The van der Waals surface area contributed by atoms with Gasteiger partial charge in [-0.1, -0.05) is 18.2 Å². The zero-order chi connectivity index (χ0) is 15.2. The highest BCUT2D eigenvalue weighted by Crippen LogP contribution is 2.26. The molecule has 2 heterocycles. The Morgan fingerprint density at radius 3 is 3.05 bits per heavy atom. The van der Waals surface area contributed by atoms with Crippen molar-refractivity contribution in [3.63, 3.8) is 0 Å². The number of pyridine rings is 1. The summed E-state index contributed by atoms with van der Waals surface area (Å²) >= 11 is 6.07. The van der Waals surface area contributed by atoms with Crippen molar-refractivity contribution < 1.29 is 9.53 Å². The summed E-state index contributed by atoms with van der Waals surface area (Å²) in [6.07, 6.45) is 6.18. The standard InChI is InChI=1S/C13H12ClN5O2/c1-2-21-13(20)18(7-5-15)11-9-19(17-12(11)14)10-4-3-6-16-8-10/h2-6,8-9,15H,1,7H2. The Kier molecular flexibility index (Phi) is 4.68. The van der Waals surface area contributed by atoms with Gasteiger partial charge in [-0.2, -0.15) is 5.10 Å². The molecule has 1 N–H and O–H groups in total. The van der Waals surface area contributed by atoms with Crippen molar-refractivity contribution in [2.75, 3.05) is 11.4 Å². The maximum atomic E-state index is 11.9. The van der Waals surface area contributed by atoms with Gasteiger partial charge in [-0.25, -0.2) is 9.48 Å². The van der Waals surface area contributed by atoms with Crippen LogP contribution in [0.2, 0.25) is 5.15 Å². The van der Waals surface area contributed by atoms with Crippen molar-refractivity contribution in [1.29, 1.82) is 5.41 Å². The van der Waals surface area contributed by atoms with Gasteiger partial charge in [0.05, 0.1) is 30.9 Å². The summed E-state index contributed by atoms with van der Waals surface area (Å²) in [5, 5.41) is 11.4. The molecule has 8 heteroatoms. The zero-order valence-electron chi connectivity index (χ0n) is 10.9. The van der Waals surface area contributed by atoms with E-state index in [1.165, 1.54) is 9.58 Å². The first-order valence-electron chi connectivity index (χ1n) is 5.91. The molecular formula is C13H12ClN5O2. The smallest absolute Gasteiger partial charge is 0.419 e. The van der Waals surface area contributed by atoms with Crippen molar-refractivity contribution in [2.45, 2.75) is 0 Å². The van der Waals surface area contributed by atoms with E-state index < -0.39 is 6.09 Å². The number of nitrogens with one attached hydrogen (secondary N) is 1. The minimum atomic E-state index is -0.693. The molecule has 0 saturated heterocycles. The normalized spacial score (nSPS) is 9.95. The summed E-state index contributed by atoms with van der Waals surface area (Å²) < 4.78 is 6.21. The Labute approximate surface area is 125 Å². The van der Waals surface area contributed by atoms with Crippen LogP contribution in [0.3, 0.4) is 0 Å². The number of hydrogen-bond donors (Lipinski definition) is 1. The maximum absolute atomic E-state index is 11.9. The molecule has 0 aliphatic carbocycles. The van der Waals surface area contributed by atoms with E-state index in [4.69, 9.17) is 21.7 Å². The number of aromatic nitrogens is 3. The van der Waals surface area contributed by atoms with E-state index in [9.17, 15) is 4.79 Å². The summed E-state index contributed by atoms with van der Waals surface area (Å²) in [7, 11) is 0. The lowest BCUT2D eigenvalue weighted by Crippen LogP contribution is -2.32. The molecule has 0 bridgehead atoms. The molecule has 0 spiro atoms. The lowest BCUT2D eigenvalue weighted by molar-refractivity contribution is 0.194. The molecular weight excluding hydrogens is 294 g/mol. The Bertz CT molecular complexity index is 656. The molecule has 2 aromatic rings. The average Bonchev–Trinajstić information content (AvgIpc) is 2.87. The van der Waals surface area contributed by atoms with Crippen LogP contribution in [0, 0.1) is 5.41 Å². The fourth-order valence-electron chi connectivity index (χ4n) is 1.64. The number of carbonyl (C=O) groups excluding carboxylic acids is 1. The van der Waals surface area contributed by atoms with E-state index in [2.05, 4.69) is 16.7 Å². The van der Waals surface area contributed by atoms with Crippen LogP contribution < -0.4 is 4.90 Å². The second-order valence-corrected chi connectivity index (χ2v) is 4.18. The number of halogens is 1. The minimum absolute atomic E-state index is 0.00509. The number of rotatable bonds is 5. The number of hydrogen-bond acceptors (Lipinski definition) is 5. The van der Waals surface area contributed by atoms with Gasteiger partial charge >= 0.3 is 6.09 Å². The van der Waals surface area contributed by atoms with Crippen LogP contribution in [-0.4, -0.2) is 33.6 Å². The molecule has 2 aromatic heterocycles. The molecule has 0 radical (unpaired) electrons. The first-order chi connectivity index (χ1) is 10.2. The summed E-state index contributed by atoms with van der Waals surface area (Å²) in [4.78, 5) is 17.0. The highest BCUT2D eigenvalue weighted by Gasteiger charge is 2.21. The number of ether oxygens (including phenoxy) is 1. The molecule has 21 heavy (non-hydrogen) atoms. The molecule has 0 unspecified atom stereocenters. The number of anilines is 1. The van der Waals surface area contributed by atoms with Crippen LogP contribution in [0.15, 0.2) is 43.6 Å². The van der Waals surface area contributed by atoms with Gasteiger partial charge in [0.2, 0.25) is 0 Å². The Morgan fingerprint density at radius 1 is 1.62 bits per heavy atom. The van der Waals surface area contributed by atoms with Gasteiger partial charge in [0.1, 0.15) is 5.69 Å². The summed E-state index contributed by atoms with van der Waals surface area (Å²) in [5.41, 5.74) is 1.02. The van der Waals surface area contributed by atoms with Gasteiger partial charge in [0.15, 0.2) is 5.15 Å². The van der Waals surface area contributed by atoms with Crippen molar-refractivity contribution in [2.24, 2.45) is 0 Å². The van der Waals surface area contributed by atoms with Crippen LogP contribution in [0.5, 0.6) is 0 Å². The summed E-state index contributed by atoms with van der Waals surface area (Å²) in [6, 6.07) is 3.55. The van der Waals surface area contributed by atoms with E-state index in [0.717, 1.165) is 12.5 Å². The van der Waals surface area contributed by atoms with Crippen molar-refractivity contribution in [3.05, 3.63) is 48.7 Å². The lowest BCUT2D eigenvalue weighted by atomic mass is 10.4. The van der Waals surface area contributed by atoms with E-state index in [-0.39, 0.29) is 11.7 Å². The van der Waals surface area contributed by atoms with Gasteiger partial charge in [-0.3, -0.25) is 9.88 Å². The summed E-state index contributed by atoms with van der Waals surface area (Å²) in [5.74, 6) is 0. The van der Waals surface area contributed by atoms with E-state index in [0.29, 0.717) is 11.4 Å². The maximum Gasteiger partial charge on any atom is 0.419 e. The van der Waals surface area contributed by atoms with Crippen LogP contribution >= 0.6 is 11.6 Å². The highest BCUT2D eigenvalue weighted by atomic mass is 35.5. The predicted octanol–water partition coefficient (Wildman–Crippen LogP) is 2.66. The molecule has 0 aromatic carbocycles. The van der Waals surface area contributed by atoms with Crippen LogP contribution in [0.4, 0.5) is 10.5 Å². The van der Waals surface area contributed by atoms with Gasteiger partial charge in [-0.05, 0) is 12.1 Å². The first kappa shape index (κ1) is 14.7.